The maximum Gasteiger partial charge on any atom is 0.0423 e. The summed E-state index contributed by atoms with van der Waals surface area (Å²) in [5, 5.41) is 3.51. The zero-order valence-corrected chi connectivity index (χ0v) is 14.4. The van der Waals surface area contributed by atoms with Gasteiger partial charge in [-0.25, -0.2) is 0 Å². The zero-order chi connectivity index (χ0) is 14.4. The molecule has 3 heteroatoms. The summed E-state index contributed by atoms with van der Waals surface area (Å²) in [5.74, 6) is 0. The molecule has 19 heavy (non-hydrogen) atoms. The summed E-state index contributed by atoms with van der Waals surface area (Å²) in [5.41, 5.74) is 2.70. The van der Waals surface area contributed by atoms with E-state index in [0.29, 0.717) is 12.1 Å². The molecule has 108 valence electrons. The first kappa shape index (κ1) is 16.5. The molecular formula is C16H27BrN2. The number of rotatable bonds is 7. The quantitative estimate of drug-likeness (QED) is 0.789. The van der Waals surface area contributed by atoms with Crippen LogP contribution in [0, 0.1) is 0 Å². The van der Waals surface area contributed by atoms with Gasteiger partial charge in [-0.15, -0.1) is 0 Å². The molecule has 0 aromatic heterocycles. The van der Waals surface area contributed by atoms with Gasteiger partial charge in [0.05, 0.1) is 0 Å². The first-order valence-electron chi connectivity index (χ1n) is 7.24. The maximum atomic E-state index is 3.59. The summed E-state index contributed by atoms with van der Waals surface area (Å²) in [4.78, 5) is 2.42. The summed E-state index contributed by atoms with van der Waals surface area (Å²) in [7, 11) is 2.21. The molecule has 0 aliphatic heterocycles. The van der Waals surface area contributed by atoms with Crippen molar-refractivity contribution in [1.29, 1.82) is 0 Å². The van der Waals surface area contributed by atoms with Crippen molar-refractivity contribution in [3.8, 4) is 0 Å². The van der Waals surface area contributed by atoms with Crippen LogP contribution in [0.15, 0.2) is 22.7 Å². The Balaban J connectivity index is 2.98. The lowest BCUT2D eigenvalue weighted by molar-refractivity contribution is 0.573. The van der Waals surface area contributed by atoms with Crippen LogP contribution >= 0.6 is 15.9 Å². The Kier molecular flexibility index (Phi) is 6.87. The normalized spacial score (nSPS) is 11.4. The standard InChI is InChI=1S/C16H27BrN2/c1-6-15(7-2)19(5)16-10-14(17)9-8-13(16)11-18-12(3)4/h8-10,12,15,18H,6-7,11H2,1-5H3. The van der Waals surface area contributed by atoms with Gasteiger partial charge in [-0.3, -0.25) is 0 Å². The van der Waals surface area contributed by atoms with E-state index in [-0.39, 0.29) is 0 Å². The van der Waals surface area contributed by atoms with Crippen LogP contribution in [0.3, 0.4) is 0 Å². The van der Waals surface area contributed by atoms with Gasteiger partial charge < -0.3 is 10.2 Å². The Hall–Kier alpha value is -0.540. The fourth-order valence-corrected chi connectivity index (χ4v) is 2.71. The van der Waals surface area contributed by atoms with Crippen molar-refractivity contribution in [2.75, 3.05) is 11.9 Å². The molecule has 0 bridgehead atoms. The van der Waals surface area contributed by atoms with Gasteiger partial charge in [-0.2, -0.15) is 0 Å². The summed E-state index contributed by atoms with van der Waals surface area (Å²) >= 11 is 3.59. The van der Waals surface area contributed by atoms with Gasteiger partial charge in [0.2, 0.25) is 0 Å². The first-order valence-corrected chi connectivity index (χ1v) is 8.03. The highest BCUT2D eigenvalue weighted by Crippen LogP contribution is 2.27. The van der Waals surface area contributed by atoms with E-state index in [0.717, 1.165) is 11.0 Å². The minimum Gasteiger partial charge on any atom is -0.371 e. The fraction of sp³-hybridized carbons (Fsp3) is 0.625. The van der Waals surface area contributed by atoms with Crippen LogP contribution in [0.1, 0.15) is 46.1 Å². The van der Waals surface area contributed by atoms with Crippen LogP contribution in [0.25, 0.3) is 0 Å². The summed E-state index contributed by atoms with van der Waals surface area (Å²) in [6.45, 7) is 9.81. The van der Waals surface area contributed by atoms with Gasteiger partial charge in [-0.05, 0) is 30.5 Å². The monoisotopic (exact) mass is 326 g/mol. The second-order valence-electron chi connectivity index (χ2n) is 5.39. The van der Waals surface area contributed by atoms with Gasteiger partial charge in [0.15, 0.2) is 0 Å². The Morgan fingerprint density at radius 2 is 1.84 bits per heavy atom. The summed E-state index contributed by atoms with van der Waals surface area (Å²) in [6.07, 6.45) is 2.35. The second kappa shape index (κ2) is 7.91. The highest BCUT2D eigenvalue weighted by atomic mass is 79.9. The van der Waals surface area contributed by atoms with E-state index in [4.69, 9.17) is 0 Å². The third-order valence-electron chi connectivity index (χ3n) is 3.62. The summed E-state index contributed by atoms with van der Waals surface area (Å²) < 4.78 is 1.15. The summed E-state index contributed by atoms with van der Waals surface area (Å²) in [6, 6.07) is 7.69. The molecule has 0 aliphatic carbocycles. The van der Waals surface area contributed by atoms with Crippen molar-refractivity contribution in [1.82, 2.24) is 5.32 Å². The number of nitrogens with zero attached hydrogens (tertiary/aromatic N) is 1. The molecular weight excluding hydrogens is 300 g/mol. The third-order valence-corrected chi connectivity index (χ3v) is 4.11. The predicted octanol–water partition coefficient (Wildman–Crippen LogP) is 4.57. The van der Waals surface area contributed by atoms with E-state index in [9.17, 15) is 0 Å². The van der Waals surface area contributed by atoms with Gasteiger partial charge in [0.1, 0.15) is 0 Å². The lowest BCUT2D eigenvalue weighted by Gasteiger charge is -2.31. The Morgan fingerprint density at radius 3 is 2.37 bits per heavy atom. The largest absolute Gasteiger partial charge is 0.371 e. The number of nitrogens with one attached hydrogen (secondary N) is 1. The van der Waals surface area contributed by atoms with E-state index >= 15 is 0 Å². The van der Waals surface area contributed by atoms with Crippen molar-refractivity contribution in [2.45, 2.75) is 59.2 Å². The lowest BCUT2D eigenvalue weighted by atomic mass is 10.1. The molecule has 0 fully saturated rings. The van der Waals surface area contributed by atoms with Gasteiger partial charge >= 0.3 is 0 Å². The molecule has 0 radical (unpaired) electrons. The van der Waals surface area contributed by atoms with Crippen LogP contribution < -0.4 is 10.2 Å². The van der Waals surface area contributed by atoms with Crippen LogP contribution in [-0.4, -0.2) is 19.1 Å². The number of halogens is 1. The van der Waals surface area contributed by atoms with Crippen LogP contribution in [0.5, 0.6) is 0 Å². The Labute approximate surface area is 126 Å². The second-order valence-corrected chi connectivity index (χ2v) is 6.31. The van der Waals surface area contributed by atoms with Gasteiger partial charge in [0.25, 0.3) is 0 Å². The minimum absolute atomic E-state index is 0.509. The van der Waals surface area contributed by atoms with Gasteiger partial charge in [0, 0.05) is 35.8 Å². The highest BCUT2D eigenvalue weighted by Gasteiger charge is 2.15. The van der Waals surface area contributed by atoms with Crippen LogP contribution in [0.2, 0.25) is 0 Å². The molecule has 0 atom stereocenters. The number of hydrogen-bond donors (Lipinski definition) is 1. The molecule has 1 aromatic carbocycles. The molecule has 1 N–H and O–H groups in total. The van der Waals surface area contributed by atoms with Gasteiger partial charge in [-0.1, -0.05) is 49.7 Å². The zero-order valence-electron chi connectivity index (χ0n) is 12.8. The van der Waals surface area contributed by atoms with Crippen molar-refractivity contribution in [3.05, 3.63) is 28.2 Å². The minimum atomic E-state index is 0.509. The molecule has 0 spiro atoms. The third kappa shape index (κ3) is 4.81. The first-order chi connectivity index (χ1) is 8.99. The molecule has 2 nitrogen and oxygen atoms in total. The number of benzene rings is 1. The fourth-order valence-electron chi connectivity index (χ4n) is 2.36. The molecule has 0 amide bonds. The average Bonchev–Trinajstić information content (AvgIpc) is 2.38. The maximum absolute atomic E-state index is 3.59. The molecule has 0 heterocycles. The Morgan fingerprint density at radius 1 is 1.21 bits per heavy atom. The lowest BCUT2D eigenvalue weighted by Crippen LogP contribution is -2.32. The SMILES string of the molecule is CCC(CC)N(C)c1cc(Br)ccc1CNC(C)C. The van der Waals surface area contributed by atoms with E-state index in [1.807, 2.05) is 0 Å². The van der Waals surface area contributed by atoms with Crippen molar-refractivity contribution in [2.24, 2.45) is 0 Å². The highest BCUT2D eigenvalue weighted by molar-refractivity contribution is 9.10. The van der Waals surface area contributed by atoms with Crippen molar-refractivity contribution < 1.29 is 0 Å². The topological polar surface area (TPSA) is 15.3 Å². The van der Waals surface area contributed by atoms with E-state index in [2.05, 4.69) is 79.1 Å². The smallest absolute Gasteiger partial charge is 0.0423 e. The molecule has 0 saturated carbocycles. The van der Waals surface area contributed by atoms with E-state index in [1.54, 1.807) is 0 Å². The Bertz CT molecular complexity index is 386. The van der Waals surface area contributed by atoms with Crippen LogP contribution in [-0.2, 0) is 6.54 Å². The molecule has 0 aliphatic rings. The van der Waals surface area contributed by atoms with Crippen molar-refractivity contribution in [3.63, 3.8) is 0 Å². The number of hydrogen-bond acceptors (Lipinski definition) is 2. The van der Waals surface area contributed by atoms with Crippen molar-refractivity contribution >= 4 is 21.6 Å². The average molecular weight is 327 g/mol. The molecule has 1 aromatic rings. The molecule has 0 saturated heterocycles. The predicted molar refractivity (Wildman–Crippen MR) is 88.9 cm³/mol. The molecule has 1 rings (SSSR count). The molecule has 0 unspecified atom stereocenters. The van der Waals surface area contributed by atoms with E-state index in [1.165, 1.54) is 24.1 Å². The van der Waals surface area contributed by atoms with E-state index < -0.39 is 0 Å². The van der Waals surface area contributed by atoms with Crippen LogP contribution in [0.4, 0.5) is 5.69 Å². The number of anilines is 1.